The first-order valence-corrected chi connectivity index (χ1v) is 9.95. The second-order valence-electron chi connectivity index (χ2n) is 6.11. The summed E-state index contributed by atoms with van der Waals surface area (Å²) in [7, 11) is -4.62. The molecule has 0 saturated heterocycles. The second-order valence-corrected chi connectivity index (χ2v) is 7.94. The highest BCUT2D eigenvalue weighted by Gasteiger charge is 2.42. The molecule has 1 aliphatic rings. The molecule has 0 radical (unpaired) electrons. The van der Waals surface area contributed by atoms with E-state index in [9.17, 15) is 40.4 Å². The van der Waals surface area contributed by atoms with Crippen LogP contribution >= 0.6 is 0 Å². The topological polar surface area (TPSA) is 87.5 Å². The molecule has 0 spiro atoms. The molecular formula is C19H11F5N2O4S. The summed E-state index contributed by atoms with van der Waals surface area (Å²) >= 11 is 0. The van der Waals surface area contributed by atoms with Gasteiger partial charge < -0.3 is 4.74 Å². The molecule has 0 N–H and O–H groups in total. The number of sulfonamides is 1. The molecule has 6 nitrogen and oxygen atoms in total. The van der Waals surface area contributed by atoms with Crippen LogP contribution in [-0.2, 0) is 26.1 Å². The number of hydrogen-bond donors (Lipinski definition) is 0. The number of fused-ring (bicyclic) bond motifs is 1. The van der Waals surface area contributed by atoms with Crippen molar-refractivity contribution < 1.29 is 39.9 Å². The molecule has 1 heterocycles. The highest BCUT2D eigenvalue weighted by atomic mass is 32.2. The molecule has 1 aliphatic heterocycles. The van der Waals surface area contributed by atoms with Crippen LogP contribution in [0.15, 0.2) is 34.7 Å². The van der Waals surface area contributed by atoms with Crippen LogP contribution in [0, 0.1) is 40.4 Å². The van der Waals surface area contributed by atoms with Gasteiger partial charge >= 0.3 is 5.97 Å². The van der Waals surface area contributed by atoms with Crippen molar-refractivity contribution in [1.29, 1.82) is 5.26 Å². The van der Waals surface area contributed by atoms with Crippen LogP contribution in [0.25, 0.3) is 5.70 Å². The molecule has 2 aromatic rings. The number of nitrogens with zero attached hydrogens (tertiary/aromatic N) is 2. The third-order valence-electron chi connectivity index (χ3n) is 4.39. The monoisotopic (exact) mass is 458 g/mol. The lowest BCUT2D eigenvalue weighted by atomic mass is 10.1. The summed E-state index contributed by atoms with van der Waals surface area (Å²) in [5, 5.41) is 9.45. The molecule has 31 heavy (non-hydrogen) atoms. The largest absolute Gasteiger partial charge is 0.462 e. The molecule has 2 aromatic carbocycles. The summed E-state index contributed by atoms with van der Waals surface area (Å²) in [4.78, 5) is 11.8. The van der Waals surface area contributed by atoms with E-state index >= 15 is 0 Å². The first-order valence-electron chi connectivity index (χ1n) is 8.51. The van der Waals surface area contributed by atoms with Crippen molar-refractivity contribution in [2.75, 3.05) is 6.61 Å². The van der Waals surface area contributed by atoms with Crippen LogP contribution in [0.5, 0.6) is 0 Å². The molecule has 3 rings (SSSR count). The third-order valence-corrected chi connectivity index (χ3v) is 6.19. The van der Waals surface area contributed by atoms with Gasteiger partial charge in [-0.25, -0.2) is 35.2 Å². The highest BCUT2D eigenvalue weighted by Crippen LogP contribution is 2.42. The first-order chi connectivity index (χ1) is 14.6. The number of carbonyl (C=O) groups excluding carboxylic acids is 1. The standard InChI is InChI=1S/C19H11F5N2O4S/c1-2-30-19(27)10(7-25)18-9-5-3-4-6-12(9)31(28,29)26(18)8-11-13(20)15(22)17(24)16(23)14(11)21/h3-6H,2,8H2,1H3/b18-10-. The molecule has 0 unspecified atom stereocenters. The number of benzene rings is 2. The molecule has 0 aliphatic carbocycles. The van der Waals surface area contributed by atoms with Crippen LogP contribution < -0.4 is 0 Å². The molecule has 0 saturated carbocycles. The fourth-order valence-electron chi connectivity index (χ4n) is 3.02. The minimum absolute atomic E-state index is 0.170. The number of halogens is 5. The highest BCUT2D eigenvalue weighted by molar-refractivity contribution is 7.90. The van der Waals surface area contributed by atoms with Crippen molar-refractivity contribution in [1.82, 2.24) is 4.31 Å². The first kappa shape index (κ1) is 22.2. The Morgan fingerprint density at radius 2 is 1.58 bits per heavy atom. The maximum Gasteiger partial charge on any atom is 0.351 e. The molecule has 0 fully saturated rings. The van der Waals surface area contributed by atoms with Gasteiger partial charge in [0, 0.05) is 5.56 Å². The average molecular weight is 458 g/mol. The lowest BCUT2D eigenvalue weighted by Crippen LogP contribution is -2.27. The summed E-state index contributed by atoms with van der Waals surface area (Å²) in [6.45, 7) is -0.129. The van der Waals surface area contributed by atoms with Gasteiger partial charge in [-0.15, -0.1) is 0 Å². The van der Waals surface area contributed by atoms with E-state index in [-0.39, 0.29) is 16.5 Å². The molecule has 0 amide bonds. The number of nitriles is 1. The van der Waals surface area contributed by atoms with Gasteiger partial charge in [-0.2, -0.15) is 5.26 Å². The van der Waals surface area contributed by atoms with E-state index < -0.39 is 73.4 Å². The Bertz CT molecular complexity index is 1260. The minimum Gasteiger partial charge on any atom is -0.462 e. The van der Waals surface area contributed by atoms with Gasteiger partial charge in [0.05, 0.1) is 29.3 Å². The van der Waals surface area contributed by atoms with E-state index in [2.05, 4.69) is 0 Å². The Labute approximate surface area is 172 Å². The normalized spacial score (nSPS) is 16.0. The summed E-state index contributed by atoms with van der Waals surface area (Å²) in [5.41, 5.74) is -3.04. The maximum atomic E-state index is 14.2. The average Bonchev–Trinajstić information content (AvgIpc) is 2.96. The van der Waals surface area contributed by atoms with E-state index in [1.807, 2.05) is 0 Å². The van der Waals surface area contributed by atoms with E-state index in [0.717, 1.165) is 6.07 Å². The van der Waals surface area contributed by atoms with Crippen molar-refractivity contribution in [3.63, 3.8) is 0 Å². The molecule has 0 bridgehead atoms. The number of esters is 1. The summed E-state index contributed by atoms with van der Waals surface area (Å²) in [6, 6.07) is 6.49. The van der Waals surface area contributed by atoms with Crippen LogP contribution in [0.1, 0.15) is 18.1 Å². The number of carbonyl (C=O) groups is 1. The number of rotatable bonds is 4. The zero-order valence-corrected chi connectivity index (χ0v) is 16.4. The smallest absolute Gasteiger partial charge is 0.351 e. The van der Waals surface area contributed by atoms with Crippen LogP contribution in [0.4, 0.5) is 22.0 Å². The SMILES string of the molecule is CCOC(=O)/C(C#N)=C1/c2ccccc2S(=O)(=O)N1Cc1c(F)c(F)c(F)c(F)c1F. The van der Waals surface area contributed by atoms with Crippen molar-refractivity contribution in [2.45, 2.75) is 18.4 Å². The Morgan fingerprint density at radius 1 is 1.03 bits per heavy atom. The van der Waals surface area contributed by atoms with Crippen LogP contribution in [0.3, 0.4) is 0 Å². The van der Waals surface area contributed by atoms with E-state index in [4.69, 9.17) is 4.74 Å². The van der Waals surface area contributed by atoms with Gasteiger partial charge in [0.1, 0.15) is 6.07 Å². The van der Waals surface area contributed by atoms with E-state index in [1.54, 1.807) is 0 Å². The van der Waals surface area contributed by atoms with Crippen molar-refractivity contribution in [2.24, 2.45) is 0 Å². The molecular weight excluding hydrogens is 447 g/mol. The second kappa shape index (κ2) is 7.99. The van der Waals surface area contributed by atoms with Gasteiger partial charge in [-0.3, -0.25) is 4.31 Å². The van der Waals surface area contributed by atoms with E-state index in [1.165, 1.54) is 31.2 Å². The maximum absolute atomic E-state index is 14.2. The number of hydrogen-bond acceptors (Lipinski definition) is 5. The van der Waals surface area contributed by atoms with Gasteiger partial charge in [0.15, 0.2) is 28.8 Å². The Kier molecular flexibility index (Phi) is 5.73. The predicted molar refractivity (Wildman–Crippen MR) is 94.6 cm³/mol. The summed E-state index contributed by atoms with van der Waals surface area (Å²) < 4.78 is 99.9. The lowest BCUT2D eigenvalue weighted by Gasteiger charge is -2.21. The summed E-state index contributed by atoms with van der Waals surface area (Å²) in [5.74, 6) is -12.6. The zero-order chi connectivity index (χ0) is 23.1. The fraction of sp³-hybridized carbons (Fsp3) is 0.158. The van der Waals surface area contributed by atoms with E-state index in [0.29, 0.717) is 0 Å². The van der Waals surface area contributed by atoms with Gasteiger partial charge in [-0.1, -0.05) is 18.2 Å². The molecule has 162 valence electrons. The lowest BCUT2D eigenvalue weighted by molar-refractivity contribution is -0.137. The van der Waals surface area contributed by atoms with Crippen molar-refractivity contribution in [3.8, 4) is 6.07 Å². The Balaban J connectivity index is 2.31. The molecule has 0 atom stereocenters. The quantitative estimate of drug-likeness (QED) is 0.175. The van der Waals surface area contributed by atoms with Crippen molar-refractivity contribution in [3.05, 3.63) is 70.1 Å². The molecule has 12 heteroatoms. The van der Waals surface area contributed by atoms with Crippen molar-refractivity contribution >= 4 is 21.7 Å². The Hall–Kier alpha value is -3.46. The summed E-state index contributed by atoms with van der Waals surface area (Å²) in [6.07, 6.45) is 0. The predicted octanol–water partition coefficient (Wildman–Crippen LogP) is 3.38. The zero-order valence-electron chi connectivity index (χ0n) is 15.5. The number of ether oxygens (including phenoxy) is 1. The minimum atomic E-state index is -4.62. The third kappa shape index (κ3) is 3.40. The van der Waals surface area contributed by atoms with Crippen LogP contribution in [0.2, 0.25) is 0 Å². The fourth-order valence-corrected chi connectivity index (χ4v) is 4.67. The Morgan fingerprint density at radius 3 is 2.13 bits per heavy atom. The van der Waals surface area contributed by atoms with Crippen LogP contribution in [-0.4, -0.2) is 25.3 Å². The molecule has 0 aromatic heterocycles. The van der Waals surface area contributed by atoms with Gasteiger partial charge in [0.25, 0.3) is 10.0 Å². The van der Waals surface area contributed by atoms with Gasteiger partial charge in [0.2, 0.25) is 5.82 Å². The van der Waals surface area contributed by atoms with Gasteiger partial charge in [-0.05, 0) is 13.0 Å².